The van der Waals surface area contributed by atoms with Crippen LogP contribution in [0.3, 0.4) is 0 Å². The van der Waals surface area contributed by atoms with Gasteiger partial charge in [-0.1, -0.05) is 108 Å². The number of methoxy groups -OCH3 is 1. The van der Waals surface area contributed by atoms with Crippen LogP contribution in [0.1, 0.15) is 95.9 Å². The number of carbonyl (C=O) groups is 2. The van der Waals surface area contributed by atoms with Gasteiger partial charge in [-0.2, -0.15) is 0 Å². The lowest BCUT2D eigenvalue weighted by Gasteiger charge is -2.44. The van der Waals surface area contributed by atoms with Crippen LogP contribution in [0.15, 0.2) is 97.1 Å². The minimum Gasteiger partial charge on any atom is -0.497 e. The normalized spacial score (nSPS) is 17.6. The highest BCUT2D eigenvalue weighted by Crippen LogP contribution is 2.48. The van der Waals surface area contributed by atoms with Crippen molar-refractivity contribution in [3.63, 3.8) is 0 Å². The zero-order chi connectivity index (χ0) is 40.6. The first-order valence-electron chi connectivity index (χ1n) is 20.4. The lowest BCUT2D eigenvalue weighted by molar-refractivity contribution is -0.136. The monoisotopic (exact) mass is 776 g/mol. The van der Waals surface area contributed by atoms with E-state index in [4.69, 9.17) is 18.9 Å². The van der Waals surface area contributed by atoms with E-state index in [-0.39, 0.29) is 23.4 Å². The van der Waals surface area contributed by atoms with Gasteiger partial charge in [-0.3, -0.25) is 4.79 Å². The first-order valence-corrected chi connectivity index (χ1v) is 23.8. The van der Waals surface area contributed by atoms with E-state index in [1.807, 2.05) is 36.4 Å². The number of esters is 2. The van der Waals surface area contributed by atoms with E-state index in [2.05, 4.69) is 108 Å². The van der Waals surface area contributed by atoms with Gasteiger partial charge in [0.05, 0.1) is 7.11 Å². The van der Waals surface area contributed by atoms with Crippen molar-refractivity contribution >= 4 is 20.0 Å². The van der Waals surface area contributed by atoms with Crippen LogP contribution >= 0.6 is 0 Å². The molecule has 0 unspecified atom stereocenters. The van der Waals surface area contributed by atoms with E-state index in [9.17, 15) is 9.59 Å². The van der Waals surface area contributed by atoms with Gasteiger partial charge in [-0.05, 0) is 138 Å². The van der Waals surface area contributed by atoms with E-state index >= 15 is 0 Å². The predicted molar refractivity (Wildman–Crippen MR) is 230 cm³/mol. The van der Waals surface area contributed by atoms with Crippen LogP contribution < -0.4 is 18.9 Å². The van der Waals surface area contributed by atoms with Crippen molar-refractivity contribution in [2.75, 3.05) is 13.7 Å². The molecule has 1 aliphatic carbocycles. The Kier molecular flexibility index (Phi) is 14.0. The molecule has 0 aromatic heterocycles. The second-order valence-corrected chi connectivity index (χ2v) is 23.6. The molecule has 0 aliphatic heterocycles. The topological polar surface area (TPSA) is 71.1 Å². The lowest BCUT2D eigenvalue weighted by Crippen LogP contribution is -2.36. The highest BCUT2D eigenvalue weighted by atomic mass is 28.3. The van der Waals surface area contributed by atoms with E-state index in [0.717, 1.165) is 44.3 Å². The van der Waals surface area contributed by atoms with Gasteiger partial charge in [0.1, 0.15) is 23.0 Å². The number of hydrogen-bond acceptors (Lipinski definition) is 6. The average Bonchev–Trinajstić information content (AvgIpc) is 3.16. The Morgan fingerprint density at radius 2 is 1.23 bits per heavy atom. The average molecular weight is 777 g/mol. The molecule has 1 saturated carbocycles. The Labute approximate surface area is 337 Å². The molecule has 56 heavy (non-hydrogen) atoms. The number of aryl methyl sites for hydroxylation is 2. The van der Waals surface area contributed by atoms with Crippen molar-refractivity contribution in [1.82, 2.24) is 0 Å². The summed E-state index contributed by atoms with van der Waals surface area (Å²) in [6.07, 6.45) is 7.75. The lowest BCUT2D eigenvalue weighted by atomic mass is 9.60. The summed E-state index contributed by atoms with van der Waals surface area (Å²) in [7, 11) is 0.272. The molecule has 0 saturated heterocycles. The van der Waals surface area contributed by atoms with Gasteiger partial charge in [-0.25, -0.2) is 4.79 Å². The molecule has 0 N–H and O–H groups in total. The van der Waals surface area contributed by atoms with Gasteiger partial charge in [0.15, 0.2) is 6.61 Å². The molecule has 7 heteroatoms. The van der Waals surface area contributed by atoms with Crippen molar-refractivity contribution in [1.29, 1.82) is 0 Å². The summed E-state index contributed by atoms with van der Waals surface area (Å²) in [5, 5.41) is 0. The quantitative estimate of drug-likeness (QED) is 0.0604. The maximum Gasteiger partial charge on any atom is 0.349 e. The molecule has 6 nitrogen and oxygen atoms in total. The molecule has 1 fully saturated rings. The molecule has 1 aliphatic rings. The molecule has 0 spiro atoms. The van der Waals surface area contributed by atoms with Crippen LogP contribution in [0.25, 0.3) is 0 Å². The maximum absolute atomic E-state index is 12.7. The molecule has 5 rings (SSSR count). The molecular formula is C49H64O6Si. The van der Waals surface area contributed by atoms with Crippen LogP contribution in [-0.2, 0) is 33.3 Å². The Hall–Kier alpha value is -4.36. The van der Waals surface area contributed by atoms with E-state index < -0.39 is 14.0 Å². The third-order valence-electron chi connectivity index (χ3n) is 12.3. The molecule has 0 bridgehead atoms. The fourth-order valence-corrected chi connectivity index (χ4v) is 12.7. The van der Waals surface area contributed by atoms with Gasteiger partial charge >= 0.3 is 11.9 Å². The SMILES string of the molecule is COc1ccc(CCC(C)(C)C[Si](C)(C)CCc2ccc(OC(=O)COc3ccc(C(C)(C)C4CCC(C)(c5ccc(OC(C)=O)cc5)CC4)cc3)cc2)cc1. The summed E-state index contributed by atoms with van der Waals surface area (Å²) < 4.78 is 22.0. The molecule has 0 radical (unpaired) electrons. The fraction of sp³-hybridized carbons (Fsp3) is 0.469. The minimum absolute atomic E-state index is 0.00295. The Morgan fingerprint density at radius 3 is 1.80 bits per heavy atom. The standard InChI is InChI=1S/C49H64O6Si/c1-36(50)54-44-24-16-41(17-25-44)49(6)31-27-40(28-32-49)48(4,5)39-14-22-43(23-15-39)53-34-46(51)55-45-20-12-38(13-21-45)29-33-56(8,9)35-47(2,3)30-26-37-10-18-42(52-7)19-11-37/h10-25,40H,26-35H2,1-9H3. The van der Waals surface area contributed by atoms with Crippen LogP contribution in [-0.4, -0.2) is 33.7 Å². The molecule has 300 valence electrons. The van der Waals surface area contributed by atoms with Crippen molar-refractivity contribution in [3.05, 3.63) is 119 Å². The van der Waals surface area contributed by atoms with Gasteiger partial charge < -0.3 is 18.9 Å². The summed E-state index contributed by atoms with van der Waals surface area (Å²) in [5.41, 5.74) is 5.59. The zero-order valence-electron chi connectivity index (χ0n) is 35.3. The highest BCUT2D eigenvalue weighted by molar-refractivity contribution is 6.77. The van der Waals surface area contributed by atoms with Crippen LogP contribution in [0.5, 0.6) is 23.0 Å². The molecule has 4 aromatic rings. The molecular weight excluding hydrogens is 713 g/mol. The molecule has 0 heterocycles. The fourth-order valence-electron chi connectivity index (χ4n) is 8.83. The smallest absolute Gasteiger partial charge is 0.349 e. The van der Waals surface area contributed by atoms with Gasteiger partial charge in [-0.15, -0.1) is 0 Å². The summed E-state index contributed by atoms with van der Waals surface area (Å²) in [4.78, 5) is 24.0. The second kappa shape index (κ2) is 18.3. The van der Waals surface area contributed by atoms with Crippen LogP contribution in [0, 0.1) is 11.3 Å². The van der Waals surface area contributed by atoms with Gasteiger partial charge in [0, 0.05) is 15.0 Å². The van der Waals surface area contributed by atoms with Crippen molar-refractivity contribution in [2.45, 2.75) is 123 Å². The molecule has 0 amide bonds. The van der Waals surface area contributed by atoms with Crippen LogP contribution in [0.2, 0.25) is 25.2 Å². The number of ether oxygens (including phenoxy) is 4. The van der Waals surface area contributed by atoms with E-state index in [1.165, 1.54) is 47.7 Å². The van der Waals surface area contributed by atoms with Crippen LogP contribution in [0.4, 0.5) is 0 Å². The largest absolute Gasteiger partial charge is 0.497 e. The first kappa shape index (κ1) is 42.8. The summed E-state index contributed by atoms with van der Waals surface area (Å²) in [6.45, 7) is 18.2. The first-order chi connectivity index (χ1) is 26.4. The van der Waals surface area contributed by atoms with Crippen molar-refractivity contribution < 1.29 is 28.5 Å². The number of carbonyl (C=O) groups excluding carboxylic acids is 2. The third-order valence-corrected chi connectivity index (χ3v) is 15.8. The number of rotatable bonds is 17. The second-order valence-electron chi connectivity index (χ2n) is 18.5. The summed E-state index contributed by atoms with van der Waals surface area (Å²) in [5.74, 6) is 2.52. The Bertz CT molecular complexity index is 1870. The summed E-state index contributed by atoms with van der Waals surface area (Å²) in [6, 6.07) is 35.1. The number of hydrogen-bond donors (Lipinski definition) is 0. The van der Waals surface area contributed by atoms with Crippen molar-refractivity contribution in [3.8, 4) is 23.0 Å². The maximum atomic E-state index is 12.7. The Balaban J connectivity index is 1.03. The minimum atomic E-state index is -1.44. The highest BCUT2D eigenvalue weighted by Gasteiger charge is 2.39. The number of benzene rings is 4. The Morgan fingerprint density at radius 1 is 0.714 bits per heavy atom. The third kappa shape index (κ3) is 12.1. The molecule has 0 atom stereocenters. The molecule has 4 aromatic carbocycles. The predicted octanol–water partition coefficient (Wildman–Crippen LogP) is 11.9. The van der Waals surface area contributed by atoms with Crippen molar-refractivity contribution in [2.24, 2.45) is 11.3 Å². The summed E-state index contributed by atoms with van der Waals surface area (Å²) >= 11 is 0. The van der Waals surface area contributed by atoms with Gasteiger partial charge in [0.25, 0.3) is 0 Å². The van der Waals surface area contributed by atoms with E-state index in [1.54, 1.807) is 7.11 Å². The zero-order valence-corrected chi connectivity index (χ0v) is 36.3. The van der Waals surface area contributed by atoms with Gasteiger partial charge in [0.2, 0.25) is 0 Å². The van der Waals surface area contributed by atoms with E-state index in [0.29, 0.717) is 28.6 Å².